The molecular formula is C14H19BrN4O2. The van der Waals surface area contributed by atoms with Gasteiger partial charge in [0, 0.05) is 4.47 Å². The molecule has 0 aliphatic carbocycles. The van der Waals surface area contributed by atoms with Crippen LogP contribution >= 0.6 is 15.9 Å². The molecular weight excluding hydrogens is 336 g/mol. The number of hydrogen-bond acceptors (Lipinski definition) is 5. The fourth-order valence-corrected chi connectivity index (χ4v) is 2.23. The van der Waals surface area contributed by atoms with Gasteiger partial charge in [-0.25, -0.2) is 4.68 Å². The molecule has 1 N–H and O–H groups in total. The van der Waals surface area contributed by atoms with Gasteiger partial charge >= 0.3 is 0 Å². The molecule has 1 aromatic carbocycles. The molecule has 0 fully saturated rings. The smallest absolute Gasteiger partial charge is 0.162 e. The first-order chi connectivity index (χ1) is 10.2. The monoisotopic (exact) mass is 354 g/mol. The summed E-state index contributed by atoms with van der Waals surface area (Å²) in [5.74, 6) is 1.52. The Balaban J connectivity index is 2.14. The van der Waals surface area contributed by atoms with Crippen LogP contribution in [0.4, 0.5) is 0 Å². The molecule has 6 nitrogen and oxygen atoms in total. The van der Waals surface area contributed by atoms with Crippen LogP contribution < -0.4 is 14.9 Å². The lowest BCUT2D eigenvalue weighted by molar-refractivity contribution is 0.276. The molecule has 0 radical (unpaired) electrons. The summed E-state index contributed by atoms with van der Waals surface area (Å²) in [5.41, 5.74) is 4.24. The second kappa shape index (κ2) is 7.87. The quantitative estimate of drug-likeness (QED) is 0.789. The van der Waals surface area contributed by atoms with Crippen LogP contribution in [0.3, 0.4) is 0 Å². The van der Waals surface area contributed by atoms with Gasteiger partial charge in [0.1, 0.15) is 12.7 Å². The Hall–Kier alpha value is -1.76. The normalized spacial score (nSPS) is 10.4. The summed E-state index contributed by atoms with van der Waals surface area (Å²) in [6, 6.07) is 3.93. The first-order valence-corrected chi connectivity index (χ1v) is 7.70. The Kier molecular flexibility index (Phi) is 5.86. The highest BCUT2D eigenvalue weighted by atomic mass is 79.9. The zero-order valence-corrected chi connectivity index (χ0v) is 13.8. The third-order valence-corrected chi connectivity index (χ3v) is 3.48. The first-order valence-electron chi connectivity index (χ1n) is 6.91. The van der Waals surface area contributed by atoms with Gasteiger partial charge in [-0.3, -0.25) is 0 Å². The van der Waals surface area contributed by atoms with E-state index in [0.29, 0.717) is 19.8 Å². The van der Waals surface area contributed by atoms with E-state index in [1.807, 2.05) is 19.1 Å². The van der Waals surface area contributed by atoms with E-state index in [-0.39, 0.29) is 0 Å². The summed E-state index contributed by atoms with van der Waals surface area (Å²) >= 11 is 3.57. The summed E-state index contributed by atoms with van der Waals surface area (Å²) < 4.78 is 14.1. The predicted molar refractivity (Wildman–Crippen MR) is 84.2 cm³/mol. The molecule has 114 valence electrons. The highest BCUT2D eigenvalue weighted by Gasteiger charge is 2.11. The van der Waals surface area contributed by atoms with Crippen molar-refractivity contribution in [1.29, 1.82) is 0 Å². The zero-order valence-electron chi connectivity index (χ0n) is 12.2. The summed E-state index contributed by atoms with van der Waals surface area (Å²) in [6.07, 6.45) is 4.17. The Morgan fingerprint density at radius 2 is 1.86 bits per heavy atom. The minimum atomic E-state index is 0.600. The van der Waals surface area contributed by atoms with Crippen LogP contribution in [-0.4, -0.2) is 28.1 Å². The standard InChI is InChI=1S/C14H19BrN4O2/c1-3-5-21-14-7-12(15)11(6-13(14)20-4-2)8-18-19-9-16-17-10-19/h6-7,9-10,18H,3-5,8H2,1-2H3. The van der Waals surface area contributed by atoms with Gasteiger partial charge in [-0.2, -0.15) is 0 Å². The molecule has 21 heavy (non-hydrogen) atoms. The Morgan fingerprint density at radius 1 is 1.14 bits per heavy atom. The fourth-order valence-electron chi connectivity index (χ4n) is 1.76. The molecule has 7 heteroatoms. The topological polar surface area (TPSA) is 61.2 Å². The van der Waals surface area contributed by atoms with Gasteiger partial charge in [0.15, 0.2) is 11.5 Å². The number of hydrogen-bond donors (Lipinski definition) is 1. The largest absolute Gasteiger partial charge is 0.490 e. The molecule has 0 unspecified atom stereocenters. The van der Waals surface area contributed by atoms with Gasteiger partial charge < -0.3 is 14.9 Å². The van der Waals surface area contributed by atoms with Crippen molar-refractivity contribution in [1.82, 2.24) is 14.9 Å². The van der Waals surface area contributed by atoms with Crippen LogP contribution in [-0.2, 0) is 6.54 Å². The maximum absolute atomic E-state index is 5.72. The predicted octanol–water partition coefficient (Wildman–Crippen LogP) is 2.97. The maximum atomic E-state index is 5.72. The summed E-state index contributed by atoms with van der Waals surface area (Å²) in [5, 5.41) is 7.49. The molecule has 0 amide bonds. The van der Waals surface area contributed by atoms with Crippen molar-refractivity contribution in [3.05, 3.63) is 34.8 Å². The van der Waals surface area contributed by atoms with Crippen molar-refractivity contribution in [2.75, 3.05) is 18.6 Å². The van der Waals surface area contributed by atoms with Crippen molar-refractivity contribution in [3.8, 4) is 11.5 Å². The van der Waals surface area contributed by atoms with Gasteiger partial charge in [0.05, 0.1) is 19.8 Å². The highest BCUT2D eigenvalue weighted by Crippen LogP contribution is 2.34. The number of halogens is 1. The Bertz CT molecular complexity index is 560. The van der Waals surface area contributed by atoms with Crippen LogP contribution in [0.2, 0.25) is 0 Å². The molecule has 0 saturated heterocycles. The van der Waals surface area contributed by atoms with Crippen LogP contribution in [0, 0.1) is 0 Å². The van der Waals surface area contributed by atoms with Crippen LogP contribution in [0.1, 0.15) is 25.8 Å². The number of benzene rings is 1. The molecule has 2 rings (SSSR count). The third kappa shape index (κ3) is 4.35. The van der Waals surface area contributed by atoms with Gasteiger partial charge in [0.2, 0.25) is 0 Å². The number of ether oxygens (including phenoxy) is 2. The highest BCUT2D eigenvalue weighted by molar-refractivity contribution is 9.10. The molecule has 0 atom stereocenters. The zero-order chi connectivity index (χ0) is 15.1. The van der Waals surface area contributed by atoms with E-state index in [1.54, 1.807) is 17.3 Å². The molecule has 2 aromatic rings. The molecule has 0 aliphatic heterocycles. The van der Waals surface area contributed by atoms with Gasteiger partial charge in [-0.15, -0.1) is 10.2 Å². The Labute approximate surface area is 132 Å². The number of rotatable bonds is 8. The third-order valence-electron chi connectivity index (χ3n) is 2.75. The number of nitrogens with zero attached hydrogens (tertiary/aromatic N) is 3. The van der Waals surface area contributed by atoms with E-state index in [9.17, 15) is 0 Å². The van der Waals surface area contributed by atoms with Crippen molar-refractivity contribution in [3.63, 3.8) is 0 Å². The second-order valence-electron chi connectivity index (χ2n) is 4.38. The molecule has 0 saturated carbocycles. The summed E-state index contributed by atoms with van der Waals surface area (Å²) in [7, 11) is 0. The van der Waals surface area contributed by atoms with Crippen LogP contribution in [0.15, 0.2) is 29.3 Å². The van der Waals surface area contributed by atoms with Crippen molar-refractivity contribution < 1.29 is 9.47 Å². The average Bonchev–Trinajstić information content (AvgIpc) is 2.99. The van der Waals surface area contributed by atoms with Crippen LogP contribution in [0.5, 0.6) is 11.5 Å². The van der Waals surface area contributed by atoms with E-state index >= 15 is 0 Å². The van der Waals surface area contributed by atoms with E-state index in [0.717, 1.165) is 28.0 Å². The minimum Gasteiger partial charge on any atom is -0.490 e. The van der Waals surface area contributed by atoms with Gasteiger partial charge in [-0.1, -0.05) is 22.9 Å². The SMILES string of the molecule is CCCOc1cc(Br)c(CNn2cnnc2)cc1OCC. The summed E-state index contributed by atoms with van der Waals surface area (Å²) in [6.45, 7) is 5.92. The van der Waals surface area contributed by atoms with E-state index in [2.05, 4.69) is 38.5 Å². The molecule has 1 aromatic heterocycles. The van der Waals surface area contributed by atoms with E-state index in [1.165, 1.54) is 0 Å². The van der Waals surface area contributed by atoms with Gasteiger partial charge in [-0.05, 0) is 31.0 Å². The number of aromatic nitrogens is 3. The van der Waals surface area contributed by atoms with Gasteiger partial charge in [0.25, 0.3) is 0 Å². The molecule has 1 heterocycles. The van der Waals surface area contributed by atoms with Crippen LogP contribution in [0.25, 0.3) is 0 Å². The lowest BCUT2D eigenvalue weighted by Crippen LogP contribution is -2.13. The minimum absolute atomic E-state index is 0.600. The van der Waals surface area contributed by atoms with Crippen molar-refractivity contribution in [2.24, 2.45) is 0 Å². The number of nitrogens with one attached hydrogen (secondary N) is 1. The maximum Gasteiger partial charge on any atom is 0.162 e. The van der Waals surface area contributed by atoms with E-state index < -0.39 is 0 Å². The molecule has 0 spiro atoms. The lowest BCUT2D eigenvalue weighted by atomic mass is 10.2. The molecule has 0 bridgehead atoms. The average molecular weight is 355 g/mol. The van der Waals surface area contributed by atoms with Crippen molar-refractivity contribution >= 4 is 15.9 Å². The van der Waals surface area contributed by atoms with Crippen molar-refractivity contribution in [2.45, 2.75) is 26.8 Å². The lowest BCUT2D eigenvalue weighted by Gasteiger charge is -2.15. The summed E-state index contributed by atoms with van der Waals surface area (Å²) in [4.78, 5) is 0. The van der Waals surface area contributed by atoms with E-state index in [4.69, 9.17) is 9.47 Å². The second-order valence-corrected chi connectivity index (χ2v) is 5.23. The fraction of sp³-hybridized carbons (Fsp3) is 0.429. The first kappa shape index (κ1) is 15.6. The molecule has 0 aliphatic rings. The Morgan fingerprint density at radius 3 is 2.52 bits per heavy atom.